The smallest absolute Gasteiger partial charge is 0.246 e. The molecular formula is C10H11Cl3N2O. The highest BCUT2D eigenvalue weighted by Crippen LogP contribution is 2.25. The Morgan fingerprint density at radius 3 is 2.19 bits per heavy atom. The molecule has 88 valence electrons. The molecule has 1 aromatic rings. The number of amides is 1. The molecular weight excluding hydrogens is 270 g/mol. The number of benzene rings is 1. The van der Waals surface area contributed by atoms with Gasteiger partial charge in [0.25, 0.3) is 0 Å². The molecule has 0 saturated carbocycles. The lowest BCUT2D eigenvalue weighted by atomic mass is 9.84. The fraction of sp³-hybridized carbons (Fsp3) is 0.300. The van der Waals surface area contributed by atoms with Gasteiger partial charge in [-0.05, 0) is 35.6 Å². The molecule has 1 aromatic carbocycles. The third kappa shape index (κ3) is 3.25. The van der Waals surface area contributed by atoms with Crippen LogP contribution < -0.4 is 5.43 Å². The van der Waals surface area contributed by atoms with E-state index in [1.807, 2.05) is 0 Å². The molecule has 0 aliphatic heterocycles. The van der Waals surface area contributed by atoms with E-state index in [0.29, 0.717) is 9.07 Å². The Hall–Kier alpha value is -0.480. The zero-order valence-electron chi connectivity index (χ0n) is 8.80. The van der Waals surface area contributed by atoms with Crippen molar-refractivity contribution in [1.29, 1.82) is 0 Å². The summed E-state index contributed by atoms with van der Waals surface area (Å²) < 4.78 is 0.583. The van der Waals surface area contributed by atoms with E-state index < -0.39 is 5.41 Å². The minimum atomic E-state index is -0.743. The minimum absolute atomic E-state index is 0.306. The Labute approximate surface area is 109 Å². The predicted octanol–water partition coefficient (Wildman–Crippen LogP) is 3.26. The monoisotopic (exact) mass is 280 g/mol. The first kappa shape index (κ1) is 13.6. The van der Waals surface area contributed by atoms with Crippen molar-refractivity contribution in [1.82, 2.24) is 9.47 Å². The van der Waals surface area contributed by atoms with Gasteiger partial charge in [-0.15, -0.1) is 0 Å². The highest BCUT2D eigenvalue weighted by atomic mass is 35.5. The van der Waals surface area contributed by atoms with Crippen LogP contribution in [0.25, 0.3) is 0 Å². The molecule has 0 radical (unpaired) electrons. The molecule has 0 unspecified atom stereocenters. The van der Waals surface area contributed by atoms with Gasteiger partial charge in [-0.25, -0.2) is 0 Å². The summed E-state index contributed by atoms with van der Waals surface area (Å²) >= 11 is 16.4. The number of halogens is 3. The molecule has 0 fully saturated rings. The number of carbonyl (C=O) groups is 1. The third-order valence-electron chi connectivity index (χ3n) is 2.32. The predicted molar refractivity (Wildman–Crippen MR) is 66.2 cm³/mol. The van der Waals surface area contributed by atoms with Crippen LogP contribution in [0.5, 0.6) is 0 Å². The molecule has 0 aliphatic rings. The van der Waals surface area contributed by atoms with Gasteiger partial charge in [0.15, 0.2) is 0 Å². The van der Waals surface area contributed by atoms with Crippen LogP contribution in [0.2, 0.25) is 5.02 Å². The van der Waals surface area contributed by atoms with Crippen LogP contribution in [0.1, 0.15) is 19.4 Å². The molecule has 0 atom stereocenters. The van der Waals surface area contributed by atoms with Crippen molar-refractivity contribution in [2.45, 2.75) is 19.3 Å². The van der Waals surface area contributed by atoms with Gasteiger partial charge >= 0.3 is 0 Å². The number of hydrogen-bond donors (Lipinski definition) is 1. The zero-order valence-corrected chi connectivity index (χ0v) is 11.1. The Morgan fingerprint density at radius 1 is 1.25 bits per heavy atom. The molecule has 0 spiro atoms. The summed E-state index contributed by atoms with van der Waals surface area (Å²) in [5.74, 6) is -0.306. The Morgan fingerprint density at radius 2 is 1.75 bits per heavy atom. The van der Waals surface area contributed by atoms with E-state index in [2.05, 4.69) is 5.43 Å². The maximum Gasteiger partial charge on any atom is 0.246 e. The summed E-state index contributed by atoms with van der Waals surface area (Å²) in [7, 11) is 0. The SMILES string of the molecule is CC(C)(C(=O)NN(Cl)Cl)c1ccc(Cl)cc1. The lowest BCUT2D eigenvalue weighted by molar-refractivity contribution is -0.127. The molecule has 0 heterocycles. The van der Waals surface area contributed by atoms with Gasteiger partial charge in [-0.1, -0.05) is 23.7 Å². The lowest BCUT2D eigenvalue weighted by Crippen LogP contribution is -2.42. The van der Waals surface area contributed by atoms with Crippen molar-refractivity contribution in [3.8, 4) is 0 Å². The second-order valence-electron chi connectivity index (χ2n) is 3.81. The number of nitrogens with one attached hydrogen (secondary N) is 1. The Bertz CT molecular complexity index is 376. The van der Waals surface area contributed by atoms with Gasteiger partial charge in [0, 0.05) is 28.6 Å². The zero-order chi connectivity index (χ0) is 12.3. The average molecular weight is 282 g/mol. The van der Waals surface area contributed by atoms with E-state index in [0.717, 1.165) is 5.56 Å². The lowest BCUT2D eigenvalue weighted by Gasteiger charge is -2.24. The second-order valence-corrected chi connectivity index (χ2v) is 5.09. The van der Waals surface area contributed by atoms with E-state index in [1.165, 1.54) is 0 Å². The van der Waals surface area contributed by atoms with Gasteiger partial charge < -0.3 is 0 Å². The van der Waals surface area contributed by atoms with Crippen LogP contribution in [-0.4, -0.2) is 9.95 Å². The Balaban J connectivity index is 2.92. The maximum absolute atomic E-state index is 11.8. The number of rotatable bonds is 3. The summed E-state index contributed by atoms with van der Waals surface area (Å²) in [6.07, 6.45) is 0. The summed E-state index contributed by atoms with van der Waals surface area (Å²) in [5, 5.41) is 0.622. The largest absolute Gasteiger partial charge is 0.273 e. The quantitative estimate of drug-likeness (QED) is 0.681. The number of hydrogen-bond acceptors (Lipinski definition) is 2. The molecule has 1 amide bonds. The molecule has 3 nitrogen and oxygen atoms in total. The van der Waals surface area contributed by atoms with Gasteiger partial charge in [-0.2, -0.15) is 0 Å². The highest BCUT2D eigenvalue weighted by Gasteiger charge is 2.30. The molecule has 0 aromatic heterocycles. The molecule has 16 heavy (non-hydrogen) atoms. The molecule has 1 rings (SSSR count). The summed E-state index contributed by atoms with van der Waals surface area (Å²) in [5.41, 5.74) is 2.37. The van der Waals surface area contributed by atoms with E-state index in [1.54, 1.807) is 38.1 Å². The fourth-order valence-corrected chi connectivity index (χ4v) is 1.49. The Kier molecular flexibility index (Phi) is 4.44. The first-order chi connectivity index (χ1) is 7.34. The van der Waals surface area contributed by atoms with Crippen LogP contribution in [0, 0.1) is 0 Å². The molecule has 0 saturated heterocycles. The van der Waals surface area contributed by atoms with Crippen molar-refractivity contribution in [2.24, 2.45) is 0 Å². The molecule has 6 heteroatoms. The van der Waals surface area contributed by atoms with E-state index in [9.17, 15) is 4.79 Å². The fourth-order valence-electron chi connectivity index (χ4n) is 1.21. The normalized spacial score (nSPS) is 11.6. The van der Waals surface area contributed by atoms with Gasteiger partial charge in [0.05, 0.1) is 5.41 Å². The van der Waals surface area contributed by atoms with Crippen molar-refractivity contribution < 1.29 is 4.79 Å². The summed E-state index contributed by atoms with van der Waals surface area (Å²) in [6, 6.07) is 7.03. The van der Waals surface area contributed by atoms with Crippen LogP contribution in [-0.2, 0) is 10.2 Å². The maximum atomic E-state index is 11.8. The molecule has 1 N–H and O–H groups in total. The van der Waals surface area contributed by atoms with Crippen LogP contribution in [0.3, 0.4) is 0 Å². The minimum Gasteiger partial charge on any atom is -0.273 e. The molecule has 0 bridgehead atoms. The van der Waals surface area contributed by atoms with Crippen LogP contribution in [0.15, 0.2) is 24.3 Å². The van der Waals surface area contributed by atoms with Crippen molar-refractivity contribution in [2.75, 3.05) is 0 Å². The van der Waals surface area contributed by atoms with E-state index in [-0.39, 0.29) is 5.91 Å². The number of carbonyl (C=O) groups excluding carboxylic acids is 1. The highest BCUT2D eigenvalue weighted by molar-refractivity contribution is 6.34. The first-order valence-corrected chi connectivity index (χ1v) is 5.58. The first-order valence-electron chi connectivity index (χ1n) is 4.53. The number of nitrogens with zero attached hydrogens (tertiary/aromatic N) is 1. The van der Waals surface area contributed by atoms with Crippen LogP contribution in [0.4, 0.5) is 0 Å². The standard InChI is InChI=1S/C10H11Cl3N2O/c1-10(2,9(16)14-15(12)13)7-3-5-8(11)6-4-7/h3-6H,1-2H3,(H,14,16). The van der Waals surface area contributed by atoms with E-state index >= 15 is 0 Å². The average Bonchev–Trinajstić information content (AvgIpc) is 2.17. The summed E-state index contributed by atoms with van der Waals surface area (Å²) in [6.45, 7) is 3.53. The van der Waals surface area contributed by atoms with Gasteiger partial charge in [0.2, 0.25) is 5.91 Å². The van der Waals surface area contributed by atoms with Gasteiger partial charge in [0.1, 0.15) is 0 Å². The van der Waals surface area contributed by atoms with Crippen molar-refractivity contribution in [3.05, 3.63) is 34.9 Å². The molecule has 0 aliphatic carbocycles. The second kappa shape index (κ2) is 5.23. The topological polar surface area (TPSA) is 32.3 Å². The van der Waals surface area contributed by atoms with E-state index in [4.69, 9.17) is 35.2 Å². The van der Waals surface area contributed by atoms with Gasteiger partial charge in [-0.3, -0.25) is 10.2 Å². The third-order valence-corrected chi connectivity index (χ3v) is 2.74. The van der Waals surface area contributed by atoms with Crippen molar-refractivity contribution >= 4 is 41.1 Å². The van der Waals surface area contributed by atoms with Crippen LogP contribution >= 0.6 is 35.2 Å². The number of hydrazine groups is 1. The summed E-state index contributed by atoms with van der Waals surface area (Å²) in [4.78, 5) is 11.8. The van der Waals surface area contributed by atoms with Crippen molar-refractivity contribution in [3.63, 3.8) is 0 Å².